The molecule has 2 N–H and O–H groups in total. The van der Waals surface area contributed by atoms with Crippen LogP contribution in [0.3, 0.4) is 0 Å². The van der Waals surface area contributed by atoms with Gasteiger partial charge in [0.05, 0.1) is 13.7 Å². The van der Waals surface area contributed by atoms with Crippen LogP contribution >= 0.6 is 0 Å². The fourth-order valence-electron chi connectivity index (χ4n) is 2.70. The van der Waals surface area contributed by atoms with Crippen LogP contribution in [-0.4, -0.2) is 61.7 Å². The van der Waals surface area contributed by atoms with Gasteiger partial charge in [-0.1, -0.05) is 12.1 Å². The van der Waals surface area contributed by atoms with Crippen molar-refractivity contribution in [3.8, 4) is 5.75 Å². The van der Waals surface area contributed by atoms with Gasteiger partial charge in [0, 0.05) is 12.7 Å². The summed E-state index contributed by atoms with van der Waals surface area (Å²) in [6.45, 7) is 0.241. The first kappa shape index (κ1) is 15.7. The minimum atomic E-state index is -1.17. The predicted molar refractivity (Wildman–Crippen MR) is 74.2 cm³/mol. The van der Waals surface area contributed by atoms with E-state index in [0.717, 1.165) is 11.3 Å². The minimum Gasteiger partial charge on any atom is -0.497 e. The van der Waals surface area contributed by atoms with Gasteiger partial charge in [-0.25, -0.2) is 0 Å². The molecule has 7 heteroatoms. The second kappa shape index (κ2) is 6.49. The van der Waals surface area contributed by atoms with E-state index in [9.17, 15) is 10.2 Å². The summed E-state index contributed by atoms with van der Waals surface area (Å²) in [5, 5.41) is 20.2. The number of fused-ring (bicyclic) bond motifs is 1. The lowest BCUT2D eigenvalue weighted by molar-refractivity contribution is -0.358. The van der Waals surface area contributed by atoms with Gasteiger partial charge >= 0.3 is 0 Å². The minimum absolute atomic E-state index is 0.241. The number of ether oxygens (including phenoxy) is 5. The number of hydrogen-bond donors (Lipinski definition) is 2. The SMILES string of the molecule is COc1ccc(C2OCC3O[C@@H](OC)C(O)[C@@H](O)[C@@H]3O2)cc1. The monoisotopic (exact) mass is 312 g/mol. The Morgan fingerprint density at radius 3 is 2.41 bits per heavy atom. The third-order valence-corrected chi connectivity index (χ3v) is 3.95. The largest absolute Gasteiger partial charge is 0.497 e. The Morgan fingerprint density at radius 2 is 1.77 bits per heavy atom. The Morgan fingerprint density at radius 1 is 1.05 bits per heavy atom. The van der Waals surface area contributed by atoms with Crippen molar-refractivity contribution >= 4 is 0 Å². The molecule has 0 aromatic heterocycles. The topological polar surface area (TPSA) is 86.6 Å². The third kappa shape index (κ3) is 2.83. The highest BCUT2D eigenvalue weighted by Gasteiger charge is 2.48. The molecule has 0 radical (unpaired) electrons. The van der Waals surface area contributed by atoms with Crippen molar-refractivity contribution in [3.63, 3.8) is 0 Å². The van der Waals surface area contributed by atoms with E-state index >= 15 is 0 Å². The van der Waals surface area contributed by atoms with Crippen molar-refractivity contribution in [2.45, 2.75) is 37.0 Å². The van der Waals surface area contributed by atoms with Gasteiger partial charge in [0.2, 0.25) is 0 Å². The van der Waals surface area contributed by atoms with E-state index in [2.05, 4.69) is 0 Å². The molecule has 0 amide bonds. The molecule has 3 rings (SSSR count). The van der Waals surface area contributed by atoms with Crippen molar-refractivity contribution < 1.29 is 33.9 Å². The normalized spacial score (nSPS) is 38.4. The van der Waals surface area contributed by atoms with E-state index in [1.807, 2.05) is 12.1 Å². The van der Waals surface area contributed by atoms with E-state index in [0.29, 0.717) is 0 Å². The van der Waals surface area contributed by atoms with Crippen LogP contribution < -0.4 is 4.74 Å². The fourth-order valence-corrected chi connectivity index (χ4v) is 2.70. The molecule has 22 heavy (non-hydrogen) atoms. The quantitative estimate of drug-likeness (QED) is 0.824. The van der Waals surface area contributed by atoms with Crippen LogP contribution in [0.5, 0.6) is 5.75 Å². The van der Waals surface area contributed by atoms with E-state index in [1.165, 1.54) is 7.11 Å². The second-order valence-corrected chi connectivity index (χ2v) is 5.30. The van der Waals surface area contributed by atoms with Crippen molar-refractivity contribution in [1.29, 1.82) is 0 Å². The molecule has 2 heterocycles. The van der Waals surface area contributed by atoms with E-state index in [1.54, 1.807) is 19.2 Å². The first-order chi connectivity index (χ1) is 10.6. The summed E-state index contributed by atoms with van der Waals surface area (Å²) >= 11 is 0. The molecule has 1 aromatic carbocycles. The number of methoxy groups -OCH3 is 2. The summed E-state index contributed by atoms with van der Waals surface area (Å²) in [6, 6.07) is 7.26. The molecule has 122 valence electrons. The zero-order chi connectivity index (χ0) is 15.7. The van der Waals surface area contributed by atoms with Crippen molar-refractivity contribution in [3.05, 3.63) is 29.8 Å². The lowest BCUT2D eigenvalue weighted by Crippen LogP contribution is -2.62. The van der Waals surface area contributed by atoms with Crippen molar-refractivity contribution in [2.75, 3.05) is 20.8 Å². The Bertz CT molecular complexity index is 489. The maximum absolute atomic E-state index is 10.2. The predicted octanol–water partition coefficient (Wildman–Crippen LogP) is 0.202. The van der Waals surface area contributed by atoms with Gasteiger partial charge in [-0.3, -0.25) is 0 Å². The molecule has 0 aliphatic carbocycles. The Balaban J connectivity index is 1.72. The molecule has 0 bridgehead atoms. The van der Waals surface area contributed by atoms with Gasteiger partial charge in [0.25, 0.3) is 0 Å². The Kier molecular flexibility index (Phi) is 4.62. The van der Waals surface area contributed by atoms with Gasteiger partial charge < -0.3 is 33.9 Å². The molecule has 7 nitrogen and oxygen atoms in total. The second-order valence-electron chi connectivity index (χ2n) is 5.30. The molecular weight excluding hydrogens is 292 g/mol. The van der Waals surface area contributed by atoms with E-state index in [-0.39, 0.29) is 6.61 Å². The van der Waals surface area contributed by atoms with Crippen LogP contribution in [0.25, 0.3) is 0 Å². The van der Waals surface area contributed by atoms with Crippen LogP contribution in [-0.2, 0) is 18.9 Å². The fraction of sp³-hybridized carbons (Fsp3) is 0.600. The zero-order valence-electron chi connectivity index (χ0n) is 12.4. The number of aliphatic hydroxyl groups excluding tert-OH is 2. The number of aliphatic hydroxyl groups is 2. The van der Waals surface area contributed by atoms with Crippen molar-refractivity contribution in [1.82, 2.24) is 0 Å². The lowest BCUT2D eigenvalue weighted by Gasteiger charge is -2.45. The van der Waals surface area contributed by atoms with Crippen LogP contribution in [0.1, 0.15) is 11.9 Å². The lowest BCUT2D eigenvalue weighted by atomic mass is 9.98. The number of benzene rings is 1. The molecule has 6 atom stereocenters. The molecular formula is C15H20O7. The van der Waals surface area contributed by atoms with Gasteiger partial charge in [-0.2, -0.15) is 0 Å². The van der Waals surface area contributed by atoms with Crippen LogP contribution in [0, 0.1) is 0 Å². The van der Waals surface area contributed by atoms with Gasteiger partial charge in [-0.05, 0) is 12.1 Å². The molecule has 1 aromatic rings. The maximum Gasteiger partial charge on any atom is 0.186 e. The molecule has 0 spiro atoms. The molecule has 0 saturated carbocycles. The van der Waals surface area contributed by atoms with Gasteiger partial charge in [0.15, 0.2) is 12.6 Å². The first-order valence-corrected chi connectivity index (χ1v) is 7.09. The van der Waals surface area contributed by atoms with Gasteiger partial charge in [0.1, 0.15) is 30.2 Å². The standard InChI is InChI=1S/C15H20O7/c1-18-9-5-3-8(4-6-9)14-20-7-10-13(22-14)11(16)12(17)15(19-2)21-10/h3-6,10-17H,7H2,1-2H3/t10?,11-,12?,13-,14?,15-/m1/s1. The average molecular weight is 312 g/mol. The highest BCUT2D eigenvalue weighted by atomic mass is 16.7. The summed E-state index contributed by atoms with van der Waals surface area (Å²) in [5.41, 5.74) is 0.801. The van der Waals surface area contributed by atoms with Crippen molar-refractivity contribution in [2.24, 2.45) is 0 Å². The number of hydrogen-bond acceptors (Lipinski definition) is 7. The number of rotatable bonds is 3. The molecule has 2 aliphatic rings. The third-order valence-electron chi connectivity index (χ3n) is 3.95. The van der Waals surface area contributed by atoms with Crippen LogP contribution in [0.15, 0.2) is 24.3 Å². The average Bonchev–Trinajstić information content (AvgIpc) is 2.58. The summed E-state index contributed by atoms with van der Waals surface area (Å²) in [4.78, 5) is 0. The zero-order valence-corrected chi connectivity index (χ0v) is 12.4. The summed E-state index contributed by atoms with van der Waals surface area (Å²) in [5.74, 6) is 0.733. The molecule has 2 aliphatic heterocycles. The summed E-state index contributed by atoms with van der Waals surface area (Å²) in [7, 11) is 3.00. The highest BCUT2D eigenvalue weighted by molar-refractivity contribution is 5.28. The van der Waals surface area contributed by atoms with Crippen LogP contribution in [0.4, 0.5) is 0 Å². The molecule has 2 saturated heterocycles. The molecule has 2 fully saturated rings. The smallest absolute Gasteiger partial charge is 0.186 e. The van der Waals surface area contributed by atoms with E-state index < -0.39 is 37.0 Å². The van der Waals surface area contributed by atoms with Gasteiger partial charge in [-0.15, -0.1) is 0 Å². The Hall–Kier alpha value is -1.22. The highest BCUT2D eigenvalue weighted by Crippen LogP contribution is 2.34. The summed E-state index contributed by atoms with van der Waals surface area (Å²) < 4.78 is 27.1. The Labute approximate surface area is 128 Å². The molecule has 3 unspecified atom stereocenters. The van der Waals surface area contributed by atoms with Crippen LogP contribution in [0.2, 0.25) is 0 Å². The summed E-state index contributed by atoms with van der Waals surface area (Å²) in [6.07, 6.45) is -4.95. The van der Waals surface area contributed by atoms with E-state index in [4.69, 9.17) is 23.7 Å². The first-order valence-electron chi connectivity index (χ1n) is 7.09. The maximum atomic E-state index is 10.2.